The van der Waals surface area contributed by atoms with Gasteiger partial charge in [-0.3, -0.25) is 5.01 Å². The Labute approximate surface area is 126 Å². The first-order valence-electron chi connectivity index (χ1n) is 6.77. The van der Waals surface area contributed by atoms with E-state index in [0.717, 1.165) is 17.3 Å². The zero-order valence-electron chi connectivity index (χ0n) is 12.8. The minimum atomic E-state index is -0.265. The molecule has 1 fully saturated rings. The largest absolute Gasteiger partial charge is 0.497 e. The number of nitrogens with zero attached hydrogens (tertiary/aromatic N) is 1. The molecule has 1 aliphatic rings. The summed E-state index contributed by atoms with van der Waals surface area (Å²) in [6, 6.07) is 8.12. The van der Waals surface area contributed by atoms with E-state index in [-0.39, 0.29) is 11.2 Å². The quantitative estimate of drug-likeness (QED) is 0.837. The number of thiocarbonyl (C=S) groups is 1. The van der Waals surface area contributed by atoms with Crippen molar-refractivity contribution < 1.29 is 4.74 Å². The van der Waals surface area contributed by atoms with Gasteiger partial charge < -0.3 is 10.1 Å². The molecule has 0 amide bonds. The van der Waals surface area contributed by atoms with Gasteiger partial charge in [-0.05, 0) is 57.6 Å². The zero-order chi connectivity index (χ0) is 15.0. The standard InChI is InChI=1S/C15H23N3OS/c1-14(2,3)18-13(20)16-15(4,17-18)10-11-6-8-12(19-5)9-7-11/h6-9,17H,10H2,1-5H3,(H,16,20). The molecule has 0 aliphatic carbocycles. The van der Waals surface area contributed by atoms with Crippen molar-refractivity contribution in [2.75, 3.05) is 7.11 Å². The van der Waals surface area contributed by atoms with Gasteiger partial charge in [-0.25, -0.2) is 5.43 Å². The van der Waals surface area contributed by atoms with Crippen LogP contribution in [0.1, 0.15) is 33.3 Å². The highest BCUT2D eigenvalue weighted by Gasteiger charge is 2.40. The molecular weight excluding hydrogens is 270 g/mol. The SMILES string of the molecule is COc1ccc(CC2(C)NC(=S)N(C(C)(C)C)N2)cc1. The van der Waals surface area contributed by atoms with Crippen LogP contribution in [0.5, 0.6) is 5.75 Å². The van der Waals surface area contributed by atoms with Gasteiger partial charge in [0.2, 0.25) is 0 Å². The van der Waals surface area contributed by atoms with E-state index in [4.69, 9.17) is 17.0 Å². The van der Waals surface area contributed by atoms with Crippen LogP contribution in [0.3, 0.4) is 0 Å². The number of hydrogen-bond donors (Lipinski definition) is 2. The highest BCUT2D eigenvalue weighted by Crippen LogP contribution is 2.23. The van der Waals surface area contributed by atoms with Crippen molar-refractivity contribution in [2.24, 2.45) is 0 Å². The summed E-state index contributed by atoms with van der Waals surface area (Å²) < 4.78 is 5.18. The number of ether oxygens (including phenoxy) is 1. The van der Waals surface area contributed by atoms with Crippen molar-refractivity contribution in [2.45, 2.75) is 45.3 Å². The predicted molar refractivity (Wildman–Crippen MR) is 85.6 cm³/mol. The number of rotatable bonds is 3. The first-order chi connectivity index (χ1) is 9.23. The molecule has 0 bridgehead atoms. The molecule has 1 aromatic carbocycles. The molecule has 1 heterocycles. The Hall–Kier alpha value is -1.33. The lowest BCUT2D eigenvalue weighted by Gasteiger charge is -2.34. The van der Waals surface area contributed by atoms with Crippen LogP contribution in [-0.4, -0.2) is 28.4 Å². The van der Waals surface area contributed by atoms with Gasteiger partial charge >= 0.3 is 0 Å². The summed E-state index contributed by atoms with van der Waals surface area (Å²) in [5, 5.41) is 6.14. The number of methoxy groups -OCH3 is 1. The maximum Gasteiger partial charge on any atom is 0.185 e. The maximum absolute atomic E-state index is 5.43. The van der Waals surface area contributed by atoms with E-state index in [1.165, 1.54) is 5.56 Å². The van der Waals surface area contributed by atoms with Crippen molar-refractivity contribution in [3.05, 3.63) is 29.8 Å². The van der Waals surface area contributed by atoms with Gasteiger partial charge in [0.15, 0.2) is 5.11 Å². The summed E-state index contributed by atoms with van der Waals surface area (Å²) in [5.41, 5.74) is 4.39. The third-order valence-electron chi connectivity index (χ3n) is 3.33. The first-order valence-corrected chi connectivity index (χ1v) is 7.17. The minimum Gasteiger partial charge on any atom is -0.497 e. The third-order valence-corrected chi connectivity index (χ3v) is 3.62. The molecule has 5 heteroatoms. The Morgan fingerprint density at radius 3 is 2.30 bits per heavy atom. The van der Waals surface area contributed by atoms with Crippen molar-refractivity contribution in [3.8, 4) is 5.75 Å². The molecule has 0 radical (unpaired) electrons. The van der Waals surface area contributed by atoms with Crippen LogP contribution in [0.4, 0.5) is 0 Å². The molecule has 0 spiro atoms. The van der Waals surface area contributed by atoms with Crippen LogP contribution in [0.15, 0.2) is 24.3 Å². The average molecular weight is 293 g/mol. The first kappa shape index (κ1) is 15.1. The fourth-order valence-corrected chi connectivity index (χ4v) is 2.87. The van der Waals surface area contributed by atoms with Crippen LogP contribution in [0.25, 0.3) is 0 Å². The Balaban J connectivity index is 2.10. The van der Waals surface area contributed by atoms with Crippen molar-refractivity contribution >= 4 is 17.3 Å². The molecule has 1 atom stereocenters. The molecule has 4 nitrogen and oxygen atoms in total. The summed E-state index contributed by atoms with van der Waals surface area (Å²) in [5.74, 6) is 0.873. The number of benzene rings is 1. The van der Waals surface area contributed by atoms with Gasteiger partial charge in [0.25, 0.3) is 0 Å². The summed E-state index contributed by atoms with van der Waals surface area (Å²) >= 11 is 5.43. The molecule has 110 valence electrons. The van der Waals surface area contributed by atoms with Crippen LogP contribution >= 0.6 is 12.2 Å². The Morgan fingerprint density at radius 1 is 1.25 bits per heavy atom. The molecule has 20 heavy (non-hydrogen) atoms. The normalized spacial score (nSPS) is 22.9. The second-order valence-electron chi connectivity index (χ2n) is 6.41. The fraction of sp³-hybridized carbons (Fsp3) is 0.533. The summed E-state index contributed by atoms with van der Waals surface area (Å²) in [7, 11) is 1.68. The molecule has 1 aliphatic heterocycles. The second kappa shape index (κ2) is 5.22. The molecule has 0 aromatic heterocycles. The van der Waals surface area contributed by atoms with Gasteiger partial charge in [0, 0.05) is 6.42 Å². The Bertz CT molecular complexity index is 495. The summed E-state index contributed by atoms with van der Waals surface area (Å²) in [4.78, 5) is 0. The number of hydrogen-bond acceptors (Lipinski definition) is 3. The smallest absolute Gasteiger partial charge is 0.185 e. The third kappa shape index (κ3) is 3.22. The Morgan fingerprint density at radius 2 is 1.85 bits per heavy atom. The van der Waals surface area contributed by atoms with Crippen LogP contribution in [0, 0.1) is 0 Å². The monoisotopic (exact) mass is 293 g/mol. The fourth-order valence-electron chi connectivity index (χ4n) is 2.33. The lowest BCUT2D eigenvalue weighted by molar-refractivity contribution is 0.138. The highest BCUT2D eigenvalue weighted by atomic mass is 32.1. The zero-order valence-corrected chi connectivity index (χ0v) is 13.6. The molecule has 2 N–H and O–H groups in total. The molecule has 2 rings (SSSR count). The highest BCUT2D eigenvalue weighted by molar-refractivity contribution is 7.80. The van der Waals surface area contributed by atoms with E-state index in [9.17, 15) is 0 Å². The van der Waals surface area contributed by atoms with Crippen molar-refractivity contribution in [1.29, 1.82) is 0 Å². The van der Waals surface area contributed by atoms with Gasteiger partial charge in [0.05, 0.1) is 12.6 Å². The van der Waals surface area contributed by atoms with E-state index in [0.29, 0.717) is 0 Å². The Kier molecular flexibility index (Phi) is 3.93. The van der Waals surface area contributed by atoms with Gasteiger partial charge in [-0.2, -0.15) is 0 Å². The maximum atomic E-state index is 5.43. The molecule has 1 unspecified atom stereocenters. The molecule has 1 saturated heterocycles. The molecule has 1 aromatic rings. The lowest BCUT2D eigenvalue weighted by atomic mass is 10.0. The molecule has 0 saturated carbocycles. The average Bonchev–Trinajstić information content (AvgIpc) is 2.65. The predicted octanol–water partition coefficient (Wildman–Crippen LogP) is 2.45. The molecular formula is C15H23N3OS. The number of nitrogens with one attached hydrogen (secondary N) is 2. The van der Waals surface area contributed by atoms with E-state index < -0.39 is 0 Å². The van der Waals surface area contributed by atoms with Crippen LogP contribution in [-0.2, 0) is 6.42 Å². The summed E-state index contributed by atoms with van der Waals surface area (Å²) in [6.07, 6.45) is 0.837. The van der Waals surface area contributed by atoms with Gasteiger partial charge in [-0.1, -0.05) is 12.1 Å². The topological polar surface area (TPSA) is 36.5 Å². The summed E-state index contributed by atoms with van der Waals surface area (Å²) in [6.45, 7) is 8.52. The van der Waals surface area contributed by atoms with Crippen LogP contribution in [0.2, 0.25) is 0 Å². The van der Waals surface area contributed by atoms with Crippen molar-refractivity contribution in [3.63, 3.8) is 0 Å². The van der Waals surface area contributed by atoms with E-state index in [1.54, 1.807) is 7.11 Å². The van der Waals surface area contributed by atoms with Crippen LogP contribution < -0.4 is 15.5 Å². The van der Waals surface area contributed by atoms with E-state index in [2.05, 4.69) is 50.6 Å². The number of hydrazine groups is 1. The lowest BCUT2D eigenvalue weighted by Crippen LogP contribution is -2.54. The van der Waals surface area contributed by atoms with E-state index in [1.807, 2.05) is 17.1 Å². The minimum absolute atomic E-state index is 0.0538. The van der Waals surface area contributed by atoms with Crippen molar-refractivity contribution in [1.82, 2.24) is 15.8 Å². The van der Waals surface area contributed by atoms with E-state index >= 15 is 0 Å². The second-order valence-corrected chi connectivity index (χ2v) is 6.79. The van der Waals surface area contributed by atoms with Gasteiger partial charge in [0.1, 0.15) is 11.4 Å². The van der Waals surface area contributed by atoms with Gasteiger partial charge in [-0.15, -0.1) is 0 Å².